The van der Waals surface area contributed by atoms with Gasteiger partial charge < -0.3 is 95.5 Å². The fraction of sp³-hybridized carbons (Fsp3) is 0.500. The molecule has 462 valence electrons. The van der Waals surface area contributed by atoms with Gasteiger partial charge in [-0.2, -0.15) is 0 Å². The third-order valence-corrected chi connectivity index (χ3v) is 12.2. The molecule has 0 aliphatic carbocycles. The molecular formula is C52H74N12O20. The minimum Gasteiger partial charge on any atom is -0.508 e. The number of amides is 8. The largest absolute Gasteiger partial charge is 0.508 e. The van der Waals surface area contributed by atoms with E-state index in [4.69, 9.17) is 17.2 Å². The Balaban J connectivity index is 2.48. The van der Waals surface area contributed by atoms with Gasteiger partial charge in [-0.15, -0.1) is 0 Å². The van der Waals surface area contributed by atoms with Crippen molar-refractivity contribution in [2.45, 2.75) is 152 Å². The third kappa shape index (κ3) is 27.2. The Labute approximate surface area is 480 Å². The Kier molecular flexibility index (Phi) is 29.6. The molecule has 84 heavy (non-hydrogen) atoms. The van der Waals surface area contributed by atoms with Gasteiger partial charge in [0.25, 0.3) is 0 Å². The van der Waals surface area contributed by atoms with Gasteiger partial charge in [0.05, 0.1) is 12.5 Å². The second-order valence-corrected chi connectivity index (χ2v) is 19.8. The number of nitrogens with one attached hydrogen (secondary N) is 8. The lowest BCUT2D eigenvalue weighted by atomic mass is 10.0. The van der Waals surface area contributed by atoms with E-state index in [1.165, 1.54) is 48.5 Å². The number of carbonyl (C=O) groups is 13. The highest BCUT2D eigenvalue weighted by Crippen LogP contribution is 2.15. The summed E-state index contributed by atoms with van der Waals surface area (Å²) in [7, 11) is 0. The molecule has 2 aromatic carbocycles. The first-order valence-corrected chi connectivity index (χ1v) is 26.2. The monoisotopic (exact) mass is 1190 g/mol. The zero-order valence-electron chi connectivity index (χ0n) is 46.2. The molecule has 0 heterocycles. The van der Waals surface area contributed by atoms with Crippen molar-refractivity contribution in [2.75, 3.05) is 6.54 Å². The highest BCUT2D eigenvalue weighted by atomic mass is 16.4. The van der Waals surface area contributed by atoms with Gasteiger partial charge in [0.15, 0.2) is 5.96 Å². The van der Waals surface area contributed by atoms with E-state index in [-0.39, 0.29) is 61.2 Å². The fourth-order valence-corrected chi connectivity index (χ4v) is 7.81. The van der Waals surface area contributed by atoms with Crippen LogP contribution < -0.4 is 59.7 Å². The number of aliphatic carboxylic acids is 5. The topological polar surface area (TPSA) is 550 Å². The number of nitrogens with zero attached hydrogens (tertiary/aromatic N) is 1. The SMILES string of the molecule is CC(C)C[C@H](NC(=O)[C@H](CCC(=O)O)NC(=O)[C@H](CCC(=O)O)NC(=O)[C@H](Cc1ccc(O)cc1)NC(=O)[C@H](CC(=O)O)NC(=O)[C@H](CCC(=O)O)NC(=O)[C@H](C)NC(=O)[C@H](Cc1ccc(O)cc1)NC(=O)[C@@H](N)CCCN=C(N)N)C(=O)O. The molecule has 9 atom stereocenters. The molecule has 32 heteroatoms. The summed E-state index contributed by atoms with van der Waals surface area (Å²) in [6, 6.07) is -4.64. The smallest absolute Gasteiger partial charge is 0.326 e. The van der Waals surface area contributed by atoms with Gasteiger partial charge in [0.1, 0.15) is 59.8 Å². The maximum Gasteiger partial charge on any atom is 0.326 e. The van der Waals surface area contributed by atoms with Crippen LogP contribution in [0.15, 0.2) is 53.5 Å². The molecule has 8 amide bonds. The van der Waals surface area contributed by atoms with Crippen LogP contribution in [-0.2, 0) is 75.2 Å². The highest BCUT2D eigenvalue weighted by Gasteiger charge is 2.36. The number of hydrogen-bond donors (Lipinski definition) is 18. The minimum absolute atomic E-state index is 0.0789. The molecule has 0 spiro atoms. The number of hydrogen-bond acceptors (Lipinski definition) is 17. The Morgan fingerprint density at radius 3 is 1.17 bits per heavy atom. The standard InChI is InChI=1S/C52H74N12O20/c1-25(2)21-38(51(83)84)64-47(79)34(16-19-41(71)72)59-45(77)33(15-18-40(69)70)60-49(81)36(23-28-8-12-30(66)13-9-28)62-50(82)37(24-42(73)74)63-46(78)32(14-17-39(67)68)58-43(75)26(3)57-48(80)35(22-27-6-10-29(65)11-7-27)61-44(76)31(53)5-4-20-56-52(54)55/h6-13,25-26,31-38,65-66H,4-5,14-24,53H2,1-3H3,(H,57,80)(H,58,75)(H,59,77)(H,60,81)(H,61,76)(H,62,82)(H,63,78)(H,64,79)(H,67,68)(H,69,70)(H,71,72)(H,73,74)(H,83,84)(H4,54,55,56)/t26-,31-,32-,33-,34-,35-,36-,37-,38-/m0/s1. The molecule has 0 aliphatic rings. The van der Waals surface area contributed by atoms with Crippen LogP contribution in [0.25, 0.3) is 0 Å². The van der Waals surface area contributed by atoms with Crippen molar-refractivity contribution < 1.29 is 98.1 Å². The van der Waals surface area contributed by atoms with E-state index in [9.17, 15) is 98.1 Å². The lowest BCUT2D eigenvalue weighted by Crippen LogP contribution is -2.60. The quantitative estimate of drug-likeness (QED) is 0.0175. The van der Waals surface area contributed by atoms with Crippen molar-refractivity contribution in [3.05, 3.63) is 59.7 Å². The molecule has 0 aliphatic heterocycles. The summed E-state index contributed by atoms with van der Waals surface area (Å²) in [5.74, 6) is -17.6. The number of carboxylic acid groups (broad SMARTS) is 5. The number of aliphatic imine (C=N–C) groups is 1. The van der Waals surface area contributed by atoms with Crippen molar-refractivity contribution in [3.63, 3.8) is 0 Å². The van der Waals surface area contributed by atoms with E-state index in [2.05, 4.69) is 47.5 Å². The molecule has 32 nitrogen and oxygen atoms in total. The Morgan fingerprint density at radius 2 is 0.786 bits per heavy atom. The fourth-order valence-electron chi connectivity index (χ4n) is 7.81. The second-order valence-electron chi connectivity index (χ2n) is 19.8. The Hall–Kier alpha value is -9.62. The summed E-state index contributed by atoms with van der Waals surface area (Å²) in [4.78, 5) is 173. The van der Waals surface area contributed by atoms with Gasteiger partial charge in [-0.05, 0) is 86.8 Å². The lowest BCUT2D eigenvalue weighted by molar-refractivity contribution is -0.143. The summed E-state index contributed by atoms with van der Waals surface area (Å²) < 4.78 is 0. The van der Waals surface area contributed by atoms with Gasteiger partial charge in [-0.1, -0.05) is 38.1 Å². The summed E-state index contributed by atoms with van der Waals surface area (Å²) >= 11 is 0. The summed E-state index contributed by atoms with van der Waals surface area (Å²) in [5, 5.41) is 86.0. The van der Waals surface area contributed by atoms with Crippen LogP contribution in [0.5, 0.6) is 11.5 Å². The van der Waals surface area contributed by atoms with E-state index in [0.717, 1.165) is 6.92 Å². The summed E-state index contributed by atoms with van der Waals surface area (Å²) in [6.07, 6.45) is -6.04. The molecule has 0 saturated heterocycles. The summed E-state index contributed by atoms with van der Waals surface area (Å²) in [5.41, 5.74) is 17.4. The maximum atomic E-state index is 14.2. The average Bonchev–Trinajstić information content (AvgIpc) is 3.62. The van der Waals surface area contributed by atoms with E-state index in [0.29, 0.717) is 5.56 Å². The minimum atomic E-state index is -2.14. The third-order valence-electron chi connectivity index (χ3n) is 12.2. The van der Waals surface area contributed by atoms with Crippen molar-refractivity contribution in [1.29, 1.82) is 0 Å². The normalized spacial score (nSPS) is 14.1. The highest BCUT2D eigenvalue weighted by molar-refractivity contribution is 5.99. The molecule has 0 radical (unpaired) electrons. The van der Waals surface area contributed by atoms with E-state index >= 15 is 0 Å². The summed E-state index contributed by atoms with van der Waals surface area (Å²) in [6.45, 7) is 4.61. The molecule has 0 saturated carbocycles. The van der Waals surface area contributed by atoms with Crippen LogP contribution in [0, 0.1) is 5.92 Å². The van der Waals surface area contributed by atoms with Crippen LogP contribution in [0.2, 0.25) is 0 Å². The first-order chi connectivity index (χ1) is 39.3. The number of phenolic OH excluding ortho intramolecular Hbond substituents is 2. The number of nitrogens with two attached hydrogens (primary N) is 3. The van der Waals surface area contributed by atoms with E-state index < -0.39 is 183 Å². The molecule has 0 bridgehead atoms. The number of benzene rings is 2. The van der Waals surface area contributed by atoms with E-state index in [1.807, 2.05) is 0 Å². The van der Waals surface area contributed by atoms with Crippen LogP contribution in [0.4, 0.5) is 0 Å². The number of rotatable bonds is 38. The predicted molar refractivity (Wildman–Crippen MR) is 293 cm³/mol. The zero-order valence-corrected chi connectivity index (χ0v) is 46.2. The molecule has 2 aromatic rings. The molecule has 2 rings (SSSR count). The van der Waals surface area contributed by atoms with Gasteiger partial charge in [0, 0.05) is 38.6 Å². The van der Waals surface area contributed by atoms with Crippen LogP contribution >= 0.6 is 0 Å². The number of aromatic hydroxyl groups is 2. The lowest BCUT2D eigenvalue weighted by Gasteiger charge is -2.27. The number of carboxylic acids is 5. The average molecular weight is 1190 g/mol. The number of carbonyl (C=O) groups excluding carboxylic acids is 8. The zero-order chi connectivity index (χ0) is 63.4. The molecule has 21 N–H and O–H groups in total. The van der Waals surface area contributed by atoms with Gasteiger partial charge in [0.2, 0.25) is 47.3 Å². The number of guanidine groups is 1. The van der Waals surface area contributed by atoms with Gasteiger partial charge in [-0.25, -0.2) is 4.79 Å². The van der Waals surface area contributed by atoms with Gasteiger partial charge >= 0.3 is 29.8 Å². The van der Waals surface area contributed by atoms with Crippen LogP contribution in [0.3, 0.4) is 0 Å². The molecule has 0 aromatic heterocycles. The van der Waals surface area contributed by atoms with Crippen molar-refractivity contribution in [3.8, 4) is 11.5 Å². The Morgan fingerprint density at radius 1 is 0.440 bits per heavy atom. The molecular weight excluding hydrogens is 1110 g/mol. The molecule has 0 unspecified atom stereocenters. The maximum absolute atomic E-state index is 14.2. The van der Waals surface area contributed by atoms with Crippen LogP contribution in [0.1, 0.15) is 96.1 Å². The first-order valence-electron chi connectivity index (χ1n) is 26.2. The first kappa shape index (κ1) is 70.5. The number of phenols is 2. The van der Waals surface area contributed by atoms with Crippen molar-refractivity contribution >= 4 is 83.1 Å². The Bertz CT molecular complexity index is 2690. The van der Waals surface area contributed by atoms with Crippen molar-refractivity contribution in [2.24, 2.45) is 28.1 Å². The predicted octanol–water partition coefficient (Wildman–Crippen LogP) is -3.64. The second kappa shape index (κ2) is 35.3. The van der Waals surface area contributed by atoms with E-state index in [1.54, 1.807) is 13.8 Å². The van der Waals surface area contributed by atoms with Gasteiger partial charge in [-0.3, -0.25) is 62.5 Å². The van der Waals surface area contributed by atoms with Crippen LogP contribution in [-0.4, -0.2) is 180 Å². The van der Waals surface area contributed by atoms with Crippen molar-refractivity contribution in [1.82, 2.24) is 42.5 Å². The molecule has 0 fully saturated rings.